The minimum atomic E-state index is -1.21. The number of nitro benzene ring substituents is 1. The van der Waals surface area contributed by atoms with E-state index in [9.17, 15) is 19.7 Å². The molecule has 9 heteroatoms. The molecule has 0 saturated heterocycles. The first-order valence-corrected chi connectivity index (χ1v) is 5.40. The molecular weight excluding hydrogens is 278 g/mol. The Morgan fingerprint density at radius 1 is 1.53 bits per heavy atom. The number of primary amides is 1. The van der Waals surface area contributed by atoms with Gasteiger partial charge in [0.1, 0.15) is 0 Å². The minimum absolute atomic E-state index is 0.102. The average Bonchev–Trinajstić information content (AvgIpc) is 2.27. The molecule has 1 atom stereocenters. The second-order valence-electron chi connectivity index (χ2n) is 3.62. The van der Waals surface area contributed by atoms with Crippen molar-refractivity contribution in [1.29, 1.82) is 0 Å². The van der Waals surface area contributed by atoms with Crippen molar-refractivity contribution < 1.29 is 19.6 Å². The van der Waals surface area contributed by atoms with Crippen molar-refractivity contribution in [2.24, 2.45) is 5.73 Å². The molecule has 4 N–H and O–H groups in total. The fraction of sp³-hybridized carbons (Fsp3) is 0.200. The number of urea groups is 1. The number of halogens is 1. The van der Waals surface area contributed by atoms with Gasteiger partial charge in [-0.3, -0.25) is 14.9 Å². The molecule has 0 aliphatic rings. The van der Waals surface area contributed by atoms with Gasteiger partial charge in [0.25, 0.3) is 5.69 Å². The Balaban J connectivity index is 3.19. The summed E-state index contributed by atoms with van der Waals surface area (Å²) in [5, 5.41) is 21.7. The number of carbonyl (C=O) groups is 2. The van der Waals surface area contributed by atoms with Crippen molar-refractivity contribution in [1.82, 2.24) is 5.32 Å². The highest BCUT2D eigenvalue weighted by Crippen LogP contribution is 2.29. The number of hydrogen-bond donors (Lipinski definition) is 3. The largest absolute Gasteiger partial charge is 0.481 e. The van der Waals surface area contributed by atoms with Gasteiger partial charge in [-0.1, -0.05) is 11.6 Å². The lowest BCUT2D eigenvalue weighted by Gasteiger charge is -2.17. The molecule has 0 spiro atoms. The molecule has 0 fully saturated rings. The summed E-state index contributed by atoms with van der Waals surface area (Å²) in [5.41, 5.74) is 4.79. The van der Waals surface area contributed by atoms with Gasteiger partial charge in [0.05, 0.1) is 17.4 Å². The third-order valence-electron chi connectivity index (χ3n) is 2.26. The lowest BCUT2D eigenvalue weighted by Crippen LogP contribution is -2.34. The third kappa shape index (κ3) is 4.11. The summed E-state index contributed by atoms with van der Waals surface area (Å²) in [4.78, 5) is 31.6. The summed E-state index contributed by atoms with van der Waals surface area (Å²) in [6, 6.07) is 1.54. The molecule has 0 heterocycles. The van der Waals surface area contributed by atoms with Crippen molar-refractivity contribution in [3.63, 3.8) is 0 Å². The number of nitrogens with two attached hydrogens (primary N) is 1. The lowest BCUT2D eigenvalue weighted by molar-refractivity contribution is -0.384. The topological polar surface area (TPSA) is 136 Å². The molecule has 0 saturated carbocycles. The van der Waals surface area contributed by atoms with Crippen LogP contribution in [0.15, 0.2) is 18.2 Å². The Kier molecular flexibility index (Phi) is 4.65. The molecule has 0 unspecified atom stereocenters. The van der Waals surface area contributed by atoms with E-state index in [1.54, 1.807) is 0 Å². The maximum absolute atomic E-state index is 10.8. The number of benzene rings is 1. The van der Waals surface area contributed by atoms with Gasteiger partial charge in [0.15, 0.2) is 0 Å². The minimum Gasteiger partial charge on any atom is -0.481 e. The van der Waals surface area contributed by atoms with Crippen LogP contribution in [0.4, 0.5) is 10.5 Å². The van der Waals surface area contributed by atoms with E-state index in [-0.39, 0.29) is 16.3 Å². The van der Waals surface area contributed by atoms with Crippen molar-refractivity contribution in [3.05, 3.63) is 38.9 Å². The van der Waals surface area contributed by atoms with Crippen molar-refractivity contribution in [2.45, 2.75) is 12.5 Å². The summed E-state index contributed by atoms with van der Waals surface area (Å²) in [7, 11) is 0. The zero-order valence-electron chi connectivity index (χ0n) is 9.50. The van der Waals surface area contributed by atoms with Gasteiger partial charge in [-0.05, 0) is 6.07 Å². The zero-order valence-corrected chi connectivity index (χ0v) is 10.3. The van der Waals surface area contributed by atoms with Crippen molar-refractivity contribution >= 4 is 29.3 Å². The smallest absolute Gasteiger partial charge is 0.312 e. The molecule has 102 valence electrons. The maximum Gasteiger partial charge on any atom is 0.312 e. The quantitative estimate of drug-likeness (QED) is 0.556. The van der Waals surface area contributed by atoms with Crippen LogP contribution in [0.3, 0.4) is 0 Å². The summed E-state index contributed by atoms with van der Waals surface area (Å²) < 4.78 is 0. The summed E-state index contributed by atoms with van der Waals surface area (Å²) >= 11 is 5.85. The van der Waals surface area contributed by atoms with Crippen LogP contribution in [0.5, 0.6) is 0 Å². The molecule has 1 aromatic carbocycles. The second-order valence-corrected chi connectivity index (χ2v) is 4.03. The zero-order chi connectivity index (χ0) is 14.6. The summed E-state index contributed by atoms with van der Waals surface area (Å²) in [6.45, 7) is 0. The maximum atomic E-state index is 10.8. The van der Waals surface area contributed by atoms with Crippen LogP contribution in [0.1, 0.15) is 18.0 Å². The molecule has 0 aliphatic carbocycles. The number of nitrogens with one attached hydrogen (secondary N) is 1. The molecule has 2 amide bonds. The highest BCUT2D eigenvalue weighted by Gasteiger charge is 2.22. The highest BCUT2D eigenvalue weighted by molar-refractivity contribution is 6.31. The first-order chi connectivity index (χ1) is 8.81. The molecule has 0 bridgehead atoms. The summed E-state index contributed by atoms with van der Waals surface area (Å²) in [6.07, 6.45) is -0.496. The predicted molar refractivity (Wildman–Crippen MR) is 65.8 cm³/mol. The average molecular weight is 288 g/mol. The van der Waals surface area contributed by atoms with Gasteiger partial charge in [0.2, 0.25) is 0 Å². The number of carboxylic acid groups (broad SMARTS) is 1. The van der Waals surface area contributed by atoms with E-state index in [0.717, 1.165) is 6.07 Å². The standard InChI is InChI=1S/C10H10ClN3O5/c11-7-2-1-5(14(18)19)3-6(7)8(4-9(15)16)13-10(12)17/h1-3,8H,4H2,(H,15,16)(H3,12,13,17)/t8-/m0/s1. The van der Waals surface area contributed by atoms with Gasteiger partial charge < -0.3 is 16.2 Å². The van der Waals surface area contributed by atoms with Crippen LogP contribution in [0, 0.1) is 10.1 Å². The Hall–Kier alpha value is -2.35. The Labute approximate surface area is 112 Å². The fourth-order valence-corrected chi connectivity index (χ4v) is 1.75. The van der Waals surface area contributed by atoms with Gasteiger partial charge in [-0.15, -0.1) is 0 Å². The Morgan fingerprint density at radius 2 is 2.16 bits per heavy atom. The number of non-ortho nitro benzene ring substituents is 1. The molecule has 0 aromatic heterocycles. The van der Waals surface area contributed by atoms with E-state index < -0.39 is 29.4 Å². The van der Waals surface area contributed by atoms with Crippen molar-refractivity contribution in [2.75, 3.05) is 0 Å². The van der Waals surface area contributed by atoms with Gasteiger partial charge in [-0.2, -0.15) is 0 Å². The number of aliphatic carboxylic acids is 1. The molecule has 1 aromatic rings. The number of amides is 2. The molecule has 1 rings (SSSR count). The molecule has 0 aliphatic heterocycles. The molecule has 0 radical (unpaired) electrons. The van der Waals surface area contributed by atoms with Crippen LogP contribution >= 0.6 is 11.6 Å². The van der Waals surface area contributed by atoms with E-state index in [1.807, 2.05) is 0 Å². The van der Waals surface area contributed by atoms with E-state index in [4.69, 9.17) is 22.4 Å². The van der Waals surface area contributed by atoms with E-state index >= 15 is 0 Å². The Morgan fingerprint density at radius 3 is 2.63 bits per heavy atom. The van der Waals surface area contributed by atoms with E-state index in [0.29, 0.717) is 0 Å². The summed E-state index contributed by atoms with van der Waals surface area (Å²) in [5.74, 6) is -1.21. The Bertz CT molecular complexity index is 518. The number of nitrogens with zero attached hydrogens (tertiary/aromatic N) is 1. The molecule has 19 heavy (non-hydrogen) atoms. The fourth-order valence-electron chi connectivity index (χ4n) is 1.50. The molecule has 8 nitrogen and oxygen atoms in total. The third-order valence-corrected chi connectivity index (χ3v) is 2.61. The highest BCUT2D eigenvalue weighted by atomic mass is 35.5. The van der Waals surface area contributed by atoms with Gasteiger partial charge in [-0.25, -0.2) is 4.79 Å². The monoisotopic (exact) mass is 287 g/mol. The van der Waals surface area contributed by atoms with E-state index in [1.165, 1.54) is 12.1 Å². The first-order valence-electron chi connectivity index (χ1n) is 5.03. The van der Waals surface area contributed by atoms with Gasteiger partial charge >= 0.3 is 12.0 Å². The number of hydrogen-bond acceptors (Lipinski definition) is 4. The number of rotatable bonds is 5. The first kappa shape index (κ1) is 14.7. The normalized spacial score (nSPS) is 11.6. The van der Waals surface area contributed by atoms with Crippen LogP contribution in [-0.2, 0) is 4.79 Å². The van der Waals surface area contributed by atoms with Crippen LogP contribution < -0.4 is 11.1 Å². The number of carboxylic acids is 1. The molecular formula is C10H10ClN3O5. The van der Waals surface area contributed by atoms with Crippen LogP contribution in [-0.4, -0.2) is 22.0 Å². The second kappa shape index (κ2) is 6.01. The van der Waals surface area contributed by atoms with Gasteiger partial charge in [0, 0.05) is 22.7 Å². The SMILES string of the molecule is NC(=O)N[C@@H](CC(=O)O)c1cc([N+](=O)[O-])ccc1Cl. The number of nitro groups is 1. The van der Waals surface area contributed by atoms with E-state index in [2.05, 4.69) is 5.32 Å². The van der Waals surface area contributed by atoms with Crippen LogP contribution in [0.25, 0.3) is 0 Å². The lowest BCUT2D eigenvalue weighted by atomic mass is 10.0. The number of carbonyl (C=O) groups excluding carboxylic acids is 1. The van der Waals surface area contributed by atoms with Crippen molar-refractivity contribution in [3.8, 4) is 0 Å². The predicted octanol–water partition coefficient (Wildman–Crippen LogP) is 1.43. The van der Waals surface area contributed by atoms with Crippen LogP contribution in [0.2, 0.25) is 5.02 Å².